The zero-order chi connectivity index (χ0) is 18.0. The molecule has 3 rings (SSSR count). The number of likely N-dealkylation sites (N-methyl/N-ethyl adjacent to an activating group) is 1. The van der Waals surface area contributed by atoms with Gasteiger partial charge < -0.3 is 20.7 Å². The second-order valence-electron chi connectivity index (χ2n) is 7.01. The molecule has 0 spiro atoms. The highest BCUT2D eigenvalue weighted by Gasteiger charge is 2.48. The van der Waals surface area contributed by atoms with Crippen molar-refractivity contribution in [2.24, 2.45) is 16.6 Å². The van der Waals surface area contributed by atoms with Gasteiger partial charge >= 0.3 is 0 Å². The molecular formula is C18H25N3O4. The summed E-state index contributed by atoms with van der Waals surface area (Å²) < 4.78 is 5.69. The SMILES string of the molecule is CN1C(=O)C(COc2cc(O)ccc2O)(CC2CCCCC2)N=C1N. The van der Waals surface area contributed by atoms with Crippen molar-refractivity contribution in [3.8, 4) is 17.2 Å². The van der Waals surface area contributed by atoms with Gasteiger partial charge in [-0.15, -0.1) is 0 Å². The van der Waals surface area contributed by atoms with E-state index in [0.29, 0.717) is 12.3 Å². The molecule has 0 saturated heterocycles. The molecule has 1 atom stereocenters. The number of nitrogens with zero attached hydrogens (tertiary/aromatic N) is 2. The number of carbonyl (C=O) groups excluding carboxylic acids is 1. The third-order valence-electron chi connectivity index (χ3n) is 5.14. The number of phenols is 2. The van der Waals surface area contributed by atoms with Gasteiger partial charge in [-0.25, -0.2) is 4.99 Å². The van der Waals surface area contributed by atoms with Gasteiger partial charge in [0.1, 0.15) is 12.4 Å². The lowest BCUT2D eigenvalue weighted by atomic mass is 9.79. The van der Waals surface area contributed by atoms with Crippen LogP contribution in [0.2, 0.25) is 0 Å². The third-order valence-corrected chi connectivity index (χ3v) is 5.14. The standard InChI is InChI=1S/C18H25N3O4/c1-21-16(24)18(20-17(21)19,10-12-5-3-2-4-6-12)11-25-15-9-13(22)7-8-14(15)23/h7-9,12,22-23H,2-6,10-11H2,1H3,(H2,19,20). The van der Waals surface area contributed by atoms with Gasteiger partial charge in [0.05, 0.1) is 0 Å². The van der Waals surface area contributed by atoms with Crippen LogP contribution < -0.4 is 10.5 Å². The van der Waals surface area contributed by atoms with Crippen LogP contribution in [-0.4, -0.2) is 46.2 Å². The maximum absolute atomic E-state index is 12.8. The van der Waals surface area contributed by atoms with Gasteiger partial charge in [-0.1, -0.05) is 32.1 Å². The number of hydrogen-bond donors (Lipinski definition) is 3. The fourth-order valence-electron chi connectivity index (χ4n) is 3.73. The lowest BCUT2D eigenvalue weighted by Gasteiger charge is -2.31. The predicted molar refractivity (Wildman–Crippen MR) is 93.6 cm³/mol. The molecule has 25 heavy (non-hydrogen) atoms. The van der Waals surface area contributed by atoms with Crippen LogP contribution in [0.15, 0.2) is 23.2 Å². The Morgan fingerprint density at radius 2 is 2.04 bits per heavy atom. The number of aliphatic imine (C=N–C) groups is 1. The number of phenolic OH excluding ortho intramolecular Hbond substituents is 2. The fraction of sp³-hybridized carbons (Fsp3) is 0.556. The number of hydrogen-bond acceptors (Lipinski definition) is 6. The van der Waals surface area contributed by atoms with Crippen molar-refractivity contribution in [2.75, 3.05) is 13.7 Å². The van der Waals surface area contributed by atoms with E-state index < -0.39 is 5.54 Å². The first-order valence-corrected chi connectivity index (χ1v) is 8.69. The Bertz CT molecular complexity index is 685. The van der Waals surface area contributed by atoms with E-state index >= 15 is 0 Å². The Labute approximate surface area is 147 Å². The van der Waals surface area contributed by atoms with E-state index in [1.807, 2.05) is 0 Å². The smallest absolute Gasteiger partial charge is 0.260 e. The lowest BCUT2D eigenvalue weighted by Crippen LogP contribution is -2.47. The number of carbonyl (C=O) groups is 1. The minimum absolute atomic E-state index is 0.0213. The second-order valence-corrected chi connectivity index (χ2v) is 7.01. The van der Waals surface area contributed by atoms with Crippen molar-refractivity contribution in [1.29, 1.82) is 0 Å². The summed E-state index contributed by atoms with van der Waals surface area (Å²) in [7, 11) is 1.61. The minimum atomic E-state index is -1.07. The molecule has 1 aromatic rings. The fourth-order valence-corrected chi connectivity index (χ4v) is 3.73. The zero-order valence-electron chi connectivity index (χ0n) is 14.4. The highest BCUT2D eigenvalue weighted by Crippen LogP contribution is 2.37. The van der Waals surface area contributed by atoms with E-state index in [2.05, 4.69) is 4.99 Å². The molecule has 0 radical (unpaired) electrons. The van der Waals surface area contributed by atoms with Crippen molar-refractivity contribution < 1.29 is 19.7 Å². The quantitative estimate of drug-likeness (QED) is 0.706. The molecule has 0 aromatic heterocycles. The highest BCUT2D eigenvalue weighted by atomic mass is 16.5. The molecule has 4 N–H and O–H groups in total. The zero-order valence-corrected chi connectivity index (χ0v) is 14.4. The van der Waals surface area contributed by atoms with Gasteiger partial charge in [-0.3, -0.25) is 9.69 Å². The number of amides is 1. The van der Waals surface area contributed by atoms with Gasteiger partial charge in [0.2, 0.25) is 0 Å². The van der Waals surface area contributed by atoms with Crippen LogP contribution in [0.4, 0.5) is 0 Å². The van der Waals surface area contributed by atoms with Crippen molar-refractivity contribution in [3.63, 3.8) is 0 Å². The highest BCUT2D eigenvalue weighted by molar-refractivity contribution is 6.06. The molecule has 0 bridgehead atoms. The van der Waals surface area contributed by atoms with E-state index in [0.717, 1.165) is 25.7 Å². The van der Waals surface area contributed by atoms with Crippen LogP contribution in [0, 0.1) is 5.92 Å². The molecule has 136 valence electrons. The van der Waals surface area contributed by atoms with Crippen molar-refractivity contribution in [3.05, 3.63) is 18.2 Å². The van der Waals surface area contributed by atoms with E-state index in [4.69, 9.17) is 10.5 Å². The Kier molecular flexibility index (Phi) is 4.74. The van der Waals surface area contributed by atoms with Crippen LogP contribution >= 0.6 is 0 Å². The Morgan fingerprint density at radius 1 is 1.32 bits per heavy atom. The lowest BCUT2D eigenvalue weighted by molar-refractivity contribution is -0.132. The molecule has 1 amide bonds. The molecule has 7 nitrogen and oxygen atoms in total. The van der Waals surface area contributed by atoms with E-state index in [9.17, 15) is 15.0 Å². The first kappa shape index (κ1) is 17.4. The van der Waals surface area contributed by atoms with Gasteiger partial charge in [0, 0.05) is 13.1 Å². The summed E-state index contributed by atoms with van der Waals surface area (Å²) in [6, 6.07) is 4.03. The normalized spacial score (nSPS) is 24.4. The summed E-state index contributed by atoms with van der Waals surface area (Å²) >= 11 is 0. The summed E-state index contributed by atoms with van der Waals surface area (Å²) in [5.41, 5.74) is 4.81. The largest absolute Gasteiger partial charge is 0.508 e. The minimum Gasteiger partial charge on any atom is -0.508 e. The molecule has 1 saturated carbocycles. The van der Waals surface area contributed by atoms with Crippen molar-refractivity contribution in [2.45, 2.75) is 44.1 Å². The summed E-state index contributed by atoms with van der Waals surface area (Å²) in [4.78, 5) is 18.6. The Morgan fingerprint density at radius 3 is 2.68 bits per heavy atom. The first-order chi connectivity index (χ1) is 11.9. The molecule has 1 fully saturated rings. The van der Waals surface area contributed by atoms with Gasteiger partial charge in [0.15, 0.2) is 23.0 Å². The third kappa shape index (κ3) is 3.50. The van der Waals surface area contributed by atoms with Gasteiger partial charge in [-0.2, -0.15) is 0 Å². The molecule has 1 aliphatic carbocycles. The monoisotopic (exact) mass is 347 g/mol. The number of rotatable bonds is 5. The number of ether oxygens (including phenoxy) is 1. The summed E-state index contributed by atoms with van der Waals surface area (Å²) in [6.07, 6.45) is 6.29. The number of nitrogens with two attached hydrogens (primary N) is 1. The molecule has 2 aliphatic rings. The first-order valence-electron chi connectivity index (χ1n) is 8.69. The van der Waals surface area contributed by atoms with Gasteiger partial charge in [0.25, 0.3) is 5.91 Å². The number of guanidine groups is 1. The Balaban J connectivity index is 1.81. The molecule has 1 heterocycles. The van der Waals surface area contributed by atoms with E-state index in [-0.39, 0.29) is 35.7 Å². The van der Waals surface area contributed by atoms with Crippen molar-refractivity contribution in [1.82, 2.24) is 4.90 Å². The summed E-state index contributed by atoms with van der Waals surface area (Å²) in [5.74, 6) is 0.411. The molecule has 1 aromatic carbocycles. The van der Waals surface area contributed by atoms with Crippen LogP contribution in [-0.2, 0) is 4.79 Å². The molecule has 1 aliphatic heterocycles. The Hall–Kier alpha value is -2.44. The average molecular weight is 347 g/mol. The van der Waals surface area contributed by atoms with Crippen LogP contribution in [0.3, 0.4) is 0 Å². The van der Waals surface area contributed by atoms with E-state index in [1.165, 1.54) is 29.5 Å². The average Bonchev–Trinajstić information content (AvgIpc) is 2.81. The molecule has 1 unspecified atom stereocenters. The van der Waals surface area contributed by atoms with Gasteiger partial charge in [-0.05, 0) is 24.5 Å². The topological polar surface area (TPSA) is 108 Å². The summed E-state index contributed by atoms with van der Waals surface area (Å²) in [5, 5.41) is 19.5. The number of aromatic hydroxyl groups is 2. The molecule has 7 heteroatoms. The number of benzene rings is 1. The second kappa shape index (κ2) is 6.82. The molecular weight excluding hydrogens is 322 g/mol. The van der Waals surface area contributed by atoms with Crippen LogP contribution in [0.1, 0.15) is 38.5 Å². The van der Waals surface area contributed by atoms with E-state index in [1.54, 1.807) is 7.05 Å². The van der Waals surface area contributed by atoms with Crippen LogP contribution in [0.5, 0.6) is 17.2 Å². The predicted octanol–water partition coefficient (Wildman–Crippen LogP) is 1.97. The summed E-state index contributed by atoms with van der Waals surface area (Å²) in [6.45, 7) is -0.0234. The maximum atomic E-state index is 12.8. The van der Waals surface area contributed by atoms with Crippen LogP contribution in [0.25, 0.3) is 0 Å². The maximum Gasteiger partial charge on any atom is 0.260 e. The van der Waals surface area contributed by atoms with Crippen molar-refractivity contribution >= 4 is 11.9 Å².